The second-order valence-electron chi connectivity index (χ2n) is 3.66. The first-order chi connectivity index (χ1) is 7.66. The van der Waals surface area contributed by atoms with Crippen molar-refractivity contribution in [2.24, 2.45) is 0 Å². The molecule has 1 aromatic carbocycles. The summed E-state index contributed by atoms with van der Waals surface area (Å²) in [6.45, 7) is 3.90. The molecule has 1 heterocycles. The Morgan fingerprint density at radius 2 is 2.12 bits per heavy atom. The zero-order valence-electron chi connectivity index (χ0n) is 9.15. The van der Waals surface area contributed by atoms with Crippen molar-refractivity contribution in [3.8, 4) is 0 Å². The van der Waals surface area contributed by atoms with Crippen LogP contribution in [-0.2, 0) is 0 Å². The molecule has 0 saturated carbocycles. The number of nitrogens with one attached hydrogen (secondary N) is 1. The lowest BCUT2D eigenvalue weighted by molar-refractivity contribution is 0.102. The molecule has 1 amide bonds. The number of carbonyl (C=O) groups excluding carboxylic acids is 1. The number of anilines is 1. The fourth-order valence-electron chi connectivity index (χ4n) is 1.53. The summed E-state index contributed by atoms with van der Waals surface area (Å²) in [5.41, 5.74) is 2.73. The Labute approximate surface area is 93.3 Å². The molecule has 2 aromatic rings. The monoisotopic (exact) mass is 216 g/mol. The molecule has 0 aliphatic carbocycles. The van der Waals surface area contributed by atoms with Crippen molar-refractivity contribution in [1.29, 1.82) is 0 Å². The van der Waals surface area contributed by atoms with Crippen molar-refractivity contribution in [3.05, 3.63) is 47.2 Å². The zero-order valence-corrected chi connectivity index (χ0v) is 9.15. The van der Waals surface area contributed by atoms with E-state index in [1.165, 1.54) is 6.26 Å². The number of aromatic nitrogens is 1. The fraction of sp³-hybridized carbons (Fsp3) is 0.167. The smallest absolute Gasteiger partial charge is 0.257 e. The van der Waals surface area contributed by atoms with Gasteiger partial charge < -0.3 is 9.84 Å². The van der Waals surface area contributed by atoms with E-state index < -0.39 is 0 Å². The van der Waals surface area contributed by atoms with Gasteiger partial charge in [-0.25, -0.2) is 0 Å². The molecule has 0 aliphatic rings. The van der Waals surface area contributed by atoms with E-state index in [9.17, 15) is 4.79 Å². The molecule has 0 atom stereocenters. The maximum absolute atomic E-state index is 11.9. The van der Waals surface area contributed by atoms with Crippen molar-refractivity contribution in [2.45, 2.75) is 13.8 Å². The Hall–Kier alpha value is -2.10. The largest absolute Gasteiger partial charge is 0.363 e. The normalized spacial score (nSPS) is 10.1. The first-order valence-corrected chi connectivity index (χ1v) is 4.96. The van der Waals surface area contributed by atoms with Gasteiger partial charge in [-0.05, 0) is 25.5 Å². The van der Waals surface area contributed by atoms with Crippen LogP contribution in [0.15, 0.2) is 35.1 Å². The summed E-state index contributed by atoms with van der Waals surface area (Å²) in [7, 11) is 0. The molecule has 0 spiro atoms. The Kier molecular flexibility index (Phi) is 2.72. The third-order valence-corrected chi connectivity index (χ3v) is 2.31. The van der Waals surface area contributed by atoms with Gasteiger partial charge in [0.2, 0.25) is 0 Å². The molecule has 82 valence electrons. The minimum absolute atomic E-state index is 0.175. The van der Waals surface area contributed by atoms with Crippen molar-refractivity contribution >= 4 is 11.7 Å². The maximum atomic E-state index is 11.9. The van der Waals surface area contributed by atoms with Crippen LogP contribution in [-0.4, -0.2) is 11.1 Å². The molecule has 0 bridgehead atoms. The number of rotatable bonds is 2. The van der Waals surface area contributed by atoms with Gasteiger partial charge in [-0.3, -0.25) is 4.79 Å². The van der Waals surface area contributed by atoms with Crippen LogP contribution in [0.4, 0.5) is 5.82 Å². The third kappa shape index (κ3) is 2.11. The number of nitrogens with zero attached hydrogens (tertiary/aromatic N) is 1. The van der Waals surface area contributed by atoms with E-state index in [0.717, 1.165) is 11.1 Å². The van der Waals surface area contributed by atoms with Gasteiger partial charge in [0.05, 0.1) is 0 Å². The van der Waals surface area contributed by atoms with Gasteiger partial charge >= 0.3 is 0 Å². The van der Waals surface area contributed by atoms with Crippen molar-refractivity contribution in [1.82, 2.24) is 5.16 Å². The van der Waals surface area contributed by atoms with Gasteiger partial charge in [0.25, 0.3) is 5.91 Å². The highest BCUT2D eigenvalue weighted by Gasteiger charge is 2.10. The molecule has 1 aromatic heterocycles. The van der Waals surface area contributed by atoms with E-state index in [2.05, 4.69) is 15.0 Å². The second-order valence-corrected chi connectivity index (χ2v) is 3.66. The Morgan fingerprint density at radius 1 is 1.31 bits per heavy atom. The van der Waals surface area contributed by atoms with E-state index >= 15 is 0 Å². The number of hydrogen-bond donors (Lipinski definition) is 1. The van der Waals surface area contributed by atoms with Crippen LogP contribution in [0.5, 0.6) is 0 Å². The second kappa shape index (κ2) is 4.18. The average molecular weight is 216 g/mol. The fourth-order valence-corrected chi connectivity index (χ4v) is 1.53. The summed E-state index contributed by atoms with van der Waals surface area (Å²) < 4.78 is 4.64. The summed E-state index contributed by atoms with van der Waals surface area (Å²) >= 11 is 0. The van der Waals surface area contributed by atoms with Crippen molar-refractivity contribution < 1.29 is 9.32 Å². The van der Waals surface area contributed by atoms with Crippen LogP contribution in [0.25, 0.3) is 0 Å². The SMILES string of the molecule is Cc1ccc(C(=O)Nc2ccon2)c(C)c1. The molecule has 1 N–H and O–H groups in total. The number of aryl methyl sites for hydroxylation is 2. The van der Waals surface area contributed by atoms with Gasteiger partial charge in [-0.2, -0.15) is 0 Å². The average Bonchev–Trinajstić information content (AvgIpc) is 2.70. The lowest BCUT2D eigenvalue weighted by Crippen LogP contribution is -2.13. The number of amides is 1. The quantitative estimate of drug-likeness (QED) is 0.839. The zero-order chi connectivity index (χ0) is 11.5. The third-order valence-electron chi connectivity index (χ3n) is 2.31. The van der Waals surface area contributed by atoms with Crippen LogP contribution in [0.1, 0.15) is 21.5 Å². The highest BCUT2D eigenvalue weighted by Crippen LogP contribution is 2.12. The van der Waals surface area contributed by atoms with E-state index in [4.69, 9.17) is 0 Å². The molecule has 0 radical (unpaired) electrons. The van der Waals surface area contributed by atoms with Gasteiger partial charge in [0.1, 0.15) is 6.26 Å². The molecule has 0 saturated heterocycles. The van der Waals surface area contributed by atoms with E-state index in [1.54, 1.807) is 12.1 Å². The predicted molar refractivity (Wildman–Crippen MR) is 60.4 cm³/mol. The lowest BCUT2D eigenvalue weighted by atomic mass is 10.1. The van der Waals surface area contributed by atoms with Crippen molar-refractivity contribution in [3.63, 3.8) is 0 Å². The maximum Gasteiger partial charge on any atom is 0.257 e. The van der Waals surface area contributed by atoms with Gasteiger partial charge in [0.15, 0.2) is 5.82 Å². The molecular weight excluding hydrogens is 204 g/mol. The minimum Gasteiger partial charge on any atom is -0.363 e. The van der Waals surface area contributed by atoms with E-state index in [0.29, 0.717) is 11.4 Å². The summed E-state index contributed by atoms with van der Waals surface area (Å²) in [4.78, 5) is 11.9. The molecule has 0 fully saturated rings. The lowest BCUT2D eigenvalue weighted by Gasteiger charge is -2.05. The molecule has 0 unspecified atom stereocenters. The van der Waals surface area contributed by atoms with Crippen LogP contribution in [0, 0.1) is 13.8 Å². The first-order valence-electron chi connectivity index (χ1n) is 4.96. The Morgan fingerprint density at radius 3 is 2.75 bits per heavy atom. The summed E-state index contributed by atoms with van der Waals surface area (Å²) in [5, 5.41) is 6.28. The van der Waals surface area contributed by atoms with Gasteiger partial charge in [0, 0.05) is 11.6 Å². The standard InChI is InChI=1S/C12H12N2O2/c1-8-3-4-10(9(2)7-8)12(15)13-11-5-6-16-14-11/h3-7H,1-2H3,(H,13,14,15). The highest BCUT2D eigenvalue weighted by molar-refractivity contribution is 6.04. The van der Waals surface area contributed by atoms with Crippen LogP contribution < -0.4 is 5.32 Å². The molecule has 0 aliphatic heterocycles. The van der Waals surface area contributed by atoms with Crippen LogP contribution in [0.3, 0.4) is 0 Å². The minimum atomic E-state index is -0.175. The highest BCUT2D eigenvalue weighted by atomic mass is 16.5. The van der Waals surface area contributed by atoms with E-state index in [-0.39, 0.29) is 5.91 Å². The van der Waals surface area contributed by atoms with Crippen molar-refractivity contribution in [2.75, 3.05) is 5.32 Å². The number of carbonyl (C=O) groups is 1. The van der Waals surface area contributed by atoms with Crippen LogP contribution in [0.2, 0.25) is 0 Å². The molecule has 4 nitrogen and oxygen atoms in total. The molecule has 16 heavy (non-hydrogen) atoms. The first kappa shape index (κ1) is 10.4. The van der Waals surface area contributed by atoms with Gasteiger partial charge in [-0.15, -0.1) is 0 Å². The molecule has 2 rings (SSSR count). The van der Waals surface area contributed by atoms with Crippen LogP contribution >= 0.6 is 0 Å². The summed E-state index contributed by atoms with van der Waals surface area (Å²) in [5.74, 6) is 0.247. The number of hydrogen-bond acceptors (Lipinski definition) is 3. The van der Waals surface area contributed by atoms with E-state index in [1.807, 2.05) is 26.0 Å². The Balaban J connectivity index is 2.21. The molecular formula is C12H12N2O2. The predicted octanol–water partition coefficient (Wildman–Crippen LogP) is 2.54. The summed E-state index contributed by atoms with van der Waals surface area (Å²) in [6.07, 6.45) is 1.41. The van der Waals surface area contributed by atoms with Gasteiger partial charge in [-0.1, -0.05) is 22.9 Å². The number of benzene rings is 1. The Bertz CT molecular complexity index is 504. The topological polar surface area (TPSA) is 55.1 Å². The summed E-state index contributed by atoms with van der Waals surface area (Å²) in [6, 6.07) is 7.28. The molecule has 4 heteroatoms.